The van der Waals surface area contributed by atoms with E-state index in [1.807, 2.05) is 11.3 Å². The molecule has 0 bridgehead atoms. The third-order valence-corrected chi connectivity index (χ3v) is 6.39. The first-order valence-corrected chi connectivity index (χ1v) is 8.57. The van der Waals surface area contributed by atoms with E-state index in [1.165, 1.54) is 48.0 Å². The van der Waals surface area contributed by atoms with Crippen molar-refractivity contribution in [1.82, 2.24) is 5.32 Å². The molecule has 1 N–H and O–H groups in total. The molecule has 2 aliphatic carbocycles. The van der Waals surface area contributed by atoms with Gasteiger partial charge < -0.3 is 5.32 Å². The molecule has 0 amide bonds. The maximum atomic E-state index is 3.84. The summed E-state index contributed by atoms with van der Waals surface area (Å²) in [7, 11) is 0. The maximum absolute atomic E-state index is 3.84. The summed E-state index contributed by atoms with van der Waals surface area (Å²) >= 11 is 4.46. The van der Waals surface area contributed by atoms with Crippen LogP contribution in [0.5, 0.6) is 0 Å². The van der Waals surface area contributed by atoms with Crippen LogP contribution in [-0.4, -0.2) is 6.54 Å². The normalized spacial score (nSPS) is 26.4. The Hall–Kier alpha value is 0.390. The highest BCUT2D eigenvalue weighted by Gasteiger charge is 2.33. The quantitative estimate of drug-likeness (QED) is 0.782. The molecule has 1 aromatic rings. The molecule has 17 heavy (non-hydrogen) atoms. The van der Waals surface area contributed by atoms with Crippen LogP contribution in [0.3, 0.4) is 0 Å². The number of nitrogens with one attached hydrogen (secondary N) is 1. The van der Waals surface area contributed by atoms with E-state index in [1.54, 1.807) is 10.4 Å². The molecule has 1 nitrogen and oxygen atoms in total. The van der Waals surface area contributed by atoms with E-state index in [-0.39, 0.29) is 0 Å². The Morgan fingerprint density at radius 2 is 2.29 bits per heavy atom. The van der Waals surface area contributed by atoms with Crippen molar-refractivity contribution in [3.8, 4) is 0 Å². The number of hydrogen-bond donors (Lipinski definition) is 1. The Labute approximate surface area is 122 Å². The van der Waals surface area contributed by atoms with E-state index in [9.17, 15) is 0 Å². The van der Waals surface area contributed by atoms with E-state index in [2.05, 4.69) is 40.9 Å². The summed E-state index contributed by atoms with van der Waals surface area (Å²) in [6.07, 6.45) is 8.26. The number of fused-ring (bicyclic) bond motifs is 1. The van der Waals surface area contributed by atoms with E-state index < -0.39 is 0 Å². The third-order valence-electron chi connectivity index (χ3n) is 4.42. The number of thiophene rings is 1. The molecular formula is C14H20INS. The molecule has 1 heterocycles. The largest absolute Gasteiger partial charge is 0.309 e. The van der Waals surface area contributed by atoms with Gasteiger partial charge in [0.25, 0.3) is 0 Å². The molecule has 0 saturated heterocycles. The van der Waals surface area contributed by atoms with Gasteiger partial charge in [-0.3, -0.25) is 0 Å². The van der Waals surface area contributed by atoms with Crippen LogP contribution >= 0.6 is 33.9 Å². The van der Waals surface area contributed by atoms with Crippen molar-refractivity contribution in [3.05, 3.63) is 19.4 Å². The van der Waals surface area contributed by atoms with Gasteiger partial charge in [-0.15, -0.1) is 11.3 Å². The van der Waals surface area contributed by atoms with Gasteiger partial charge in [0.15, 0.2) is 0 Å². The van der Waals surface area contributed by atoms with Gasteiger partial charge in [-0.1, -0.05) is 13.3 Å². The lowest BCUT2D eigenvalue weighted by atomic mass is 9.70. The van der Waals surface area contributed by atoms with Crippen molar-refractivity contribution in [2.45, 2.75) is 51.5 Å². The molecule has 1 atom stereocenters. The first-order valence-electron chi connectivity index (χ1n) is 6.68. The van der Waals surface area contributed by atoms with Crippen LogP contribution in [0.15, 0.2) is 6.07 Å². The fourth-order valence-corrected chi connectivity index (χ4v) is 5.18. The van der Waals surface area contributed by atoms with Crippen LogP contribution in [0.1, 0.15) is 55.5 Å². The van der Waals surface area contributed by atoms with E-state index >= 15 is 0 Å². The van der Waals surface area contributed by atoms with Crippen LogP contribution in [0.25, 0.3) is 0 Å². The van der Waals surface area contributed by atoms with Gasteiger partial charge in [0.05, 0.1) is 2.88 Å². The van der Waals surface area contributed by atoms with Crippen molar-refractivity contribution in [2.24, 2.45) is 5.41 Å². The summed E-state index contributed by atoms with van der Waals surface area (Å²) in [5, 5.41) is 3.84. The summed E-state index contributed by atoms with van der Waals surface area (Å²) in [5.74, 6) is 0. The summed E-state index contributed by atoms with van der Waals surface area (Å²) < 4.78 is 1.45. The molecular weight excluding hydrogens is 341 g/mol. The lowest BCUT2D eigenvalue weighted by Crippen LogP contribution is -2.39. The Balaban J connectivity index is 1.68. The minimum Gasteiger partial charge on any atom is -0.309 e. The van der Waals surface area contributed by atoms with Crippen molar-refractivity contribution >= 4 is 33.9 Å². The molecule has 0 aliphatic heterocycles. The molecule has 1 saturated carbocycles. The number of rotatable bonds is 3. The van der Waals surface area contributed by atoms with E-state index in [0.717, 1.165) is 0 Å². The first-order chi connectivity index (χ1) is 8.16. The monoisotopic (exact) mass is 361 g/mol. The molecule has 0 spiro atoms. The second kappa shape index (κ2) is 4.82. The zero-order valence-corrected chi connectivity index (χ0v) is 13.4. The van der Waals surface area contributed by atoms with Gasteiger partial charge >= 0.3 is 0 Å². The highest BCUT2D eigenvalue weighted by atomic mass is 127. The van der Waals surface area contributed by atoms with Crippen LogP contribution in [0.4, 0.5) is 0 Å². The van der Waals surface area contributed by atoms with Gasteiger partial charge in [0, 0.05) is 17.5 Å². The second-order valence-corrected chi connectivity index (χ2v) is 8.95. The Kier molecular flexibility index (Phi) is 3.52. The average Bonchev–Trinajstić information content (AvgIpc) is 2.64. The van der Waals surface area contributed by atoms with Crippen molar-refractivity contribution in [1.29, 1.82) is 0 Å². The van der Waals surface area contributed by atoms with Crippen molar-refractivity contribution < 1.29 is 0 Å². The molecule has 94 valence electrons. The molecule has 1 aromatic heterocycles. The molecule has 3 rings (SSSR count). The minimum absolute atomic E-state index is 0.598. The van der Waals surface area contributed by atoms with Crippen LogP contribution < -0.4 is 5.32 Å². The number of aryl methyl sites for hydroxylation is 1. The second-order valence-electron chi connectivity index (χ2n) is 5.92. The van der Waals surface area contributed by atoms with Gasteiger partial charge in [0.2, 0.25) is 0 Å². The molecule has 0 aromatic carbocycles. The maximum Gasteiger partial charge on any atom is 0.0659 e. The summed E-state index contributed by atoms with van der Waals surface area (Å²) in [6, 6.07) is 3.04. The SMILES string of the molecule is CC1(CNC2CCCc3sc(I)cc32)CCC1. The van der Waals surface area contributed by atoms with Crippen molar-refractivity contribution in [3.63, 3.8) is 0 Å². The summed E-state index contributed by atoms with van der Waals surface area (Å²) in [5.41, 5.74) is 2.20. The lowest BCUT2D eigenvalue weighted by molar-refractivity contribution is 0.149. The zero-order chi connectivity index (χ0) is 11.9. The summed E-state index contributed by atoms with van der Waals surface area (Å²) in [6.45, 7) is 3.65. The first kappa shape index (κ1) is 12.4. The molecule has 0 radical (unpaired) electrons. The van der Waals surface area contributed by atoms with Gasteiger partial charge in [-0.25, -0.2) is 0 Å². The minimum atomic E-state index is 0.598. The highest BCUT2D eigenvalue weighted by Crippen LogP contribution is 2.41. The lowest BCUT2D eigenvalue weighted by Gasteiger charge is -2.40. The Bertz CT molecular complexity index is 408. The predicted molar refractivity (Wildman–Crippen MR) is 82.7 cm³/mol. The number of hydrogen-bond acceptors (Lipinski definition) is 2. The fraction of sp³-hybridized carbons (Fsp3) is 0.714. The third kappa shape index (κ3) is 2.56. The van der Waals surface area contributed by atoms with Crippen molar-refractivity contribution in [2.75, 3.05) is 6.54 Å². The number of halogens is 1. The highest BCUT2D eigenvalue weighted by molar-refractivity contribution is 14.1. The van der Waals surface area contributed by atoms with Crippen LogP contribution in [0.2, 0.25) is 0 Å². The Morgan fingerprint density at radius 1 is 1.47 bits per heavy atom. The van der Waals surface area contributed by atoms with Crippen LogP contribution in [0, 0.1) is 8.30 Å². The van der Waals surface area contributed by atoms with E-state index in [4.69, 9.17) is 0 Å². The van der Waals surface area contributed by atoms with E-state index in [0.29, 0.717) is 11.5 Å². The molecule has 2 aliphatic rings. The standard InChI is InChI=1S/C14H20INS/c1-14(6-3-7-14)9-16-11-4-2-5-12-10(11)8-13(15)17-12/h8,11,16H,2-7,9H2,1H3. The topological polar surface area (TPSA) is 12.0 Å². The fourth-order valence-electron chi connectivity index (χ4n) is 3.06. The van der Waals surface area contributed by atoms with Gasteiger partial charge in [-0.2, -0.15) is 0 Å². The average molecular weight is 361 g/mol. The smallest absolute Gasteiger partial charge is 0.0659 e. The molecule has 3 heteroatoms. The van der Waals surface area contributed by atoms with Gasteiger partial charge in [0.1, 0.15) is 0 Å². The predicted octanol–water partition coefficient (Wildman–Crippen LogP) is 4.51. The van der Waals surface area contributed by atoms with Gasteiger partial charge in [-0.05, 0) is 71.7 Å². The Morgan fingerprint density at radius 3 is 3.00 bits per heavy atom. The molecule has 1 unspecified atom stereocenters. The van der Waals surface area contributed by atoms with Crippen LogP contribution in [-0.2, 0) is 6.42 Å². The zero-order valence-electron chi connectivity index (χ0n) is 10.4. The summed E-state index contributed by atoms with van der Waals surface area (Å²) in [4.78, 5) is 1.64. The molecule has 1 fully saturated rings.